The Balaban J connectivity index is 1.61. The van der Waals surface area contributed by atoms with Crippen LogP contribution in [0.2, 0.25) is 0 Å². The average Bonchev–Trinajstić information content (AvgIpc) is 2.55. The molecule has 1 fully saturated rings. The van der Waals surface area contributed by atoms with E-state index >= 15 is 0 Å². The van der Waals surface area contributed by atoms with E-state index < -0.39 is 0 Å². The zero-order valence-corrected chi connectivity index (χ0v) is 13.4. The van der Waals surface area contributed by atoms with Gasteiger partial charge in [0.25, 0.3) is 0 Å². The lowest BCUT2D eigenvalue weighted by molar-refractivity contribution is 0.130. The highest BCUT2D eigenvalue weighted by Gasteiger charge is 2.22. The van der Waals surface area contributed by atoms with Gasteiger partial charge in [-0.1, -0.05) is 18.6 Å². The maximum atomic E-state index is 4.67. The van der Waals surface area contributed by atoms with Crippen molar-refractivity contribution in [3.8, 4) is 0 Å². The van der Waals surface area contributed by atoms with Crippen molar-refractivity contribution >= 4 is 0 Å². The molecule has 3 heterocycles. The second kappa shape index (κ2) is 7.50. The van der Waals surface area contributed by atoms with Crippen molar-refractivity contribution in [2.75, 3.05) is 6.54 Å². The molecule has 0 bridgehead atoms. The zero-order chi connectivity index (χ0) is 15.2. The monoisotopic (exact) mass is 295 g/mol. The Hall–Kier alpha value is -1.74. The summed E-state index contributed by atoms with van der Waals surface area (Å²) in [5.74, 6) is 0. The summed E-state index contributed by atoms with van der Waals surface area (Å²) in [6.07, 6.45) is 8.13. The molecule has 0 radical (unpaired) electrons. The van der Waals surface area contributed by atoms with Crippen LogP contribution in [0.15, 0.2) is 42.6 Å². The molecule has 1 saturated heterocycles. The Morgan fingerprint density at radius 3 is 2.82 bits per heavy atom. The van der Waals surface area contributed by atoms with Gasteiger partial charge in [0.1, 0.15) is 0 Å². The lowest BCUT2D eigenvalue weighted by Crippen LogP contribution is -2.39. The number of piperidine rings is 1. The minimum atomic E-state index is 0.665. The van der Waals surface area contributed by atoms with Gasteiger partial charge >= 0.3 is 0 Å². The Labute approximate surface area is 133 Å². The predicted molar refractivity (Wildman–Crippen MR) is 89.6 cm³/mol. The van der Waals surface area contributed by atoms with Gasteiger partial charge < -0.3 is 0 Å². The third-order valence-electron chi connectivity index (χ3n) is 4.52. The van der Waals surface area contributed by atoms with Crippen molar-refractivity contribution in [1.29, 1.82) is 0 Å². The normalized spacial score (nSPS) is 19.2. The van der Waals surface area contributed by atoms with Crippen LogP contribution < -0.4 is 0 Å². The maximum Gasteiger partial charge on any atom is 0.0547 e. The van der Waals surface area contributed by atoms with Gasteiger partial charge in [-0.2, -0.15) is 0 Å². The molecule has 0 aliphatic carbocycles. The van der Waals surface area contributed by atoms with Crippen molar-refractivity contribution in [3.63, 3.8) is 0 Å². The van der Waals surface area contributed by atoms with E-state index in [4.69, 9.17) is 0 Å². The molecule has 0 aromatic carbocycles. The number of hydrogen-bond donors (Lipinski definition) is 0. The van der Waals surface area contributed by atoms with Crippen LogP contribution >= 0.6 is 0 Å². The third-order valence-corrected chi connectivity index (χ3v) is 4.52. The lowest BCUT2D eigenvalue weighted by Gasteiger charge is -2.35. The molecule has 2 aromatic rings. The maximum absolute atomic E-state index is 4.67. The van der Waals surface area contributed by atoms with Crippen LogP contribution in [0, 0.1) is 6.92 Å². The first kappa shape index (κ1) is 15.2. The minimum absolute atomic E-state index is 0.665. The summed E-state index contributed by atoms with van der Waals surface area (Å²) in [4.78, 5) is 11.7. The third kappa shape index (κ3) is 4.14. The summed E-state index contributed by atoms with van der Waals surface area (Å²) in [7, 11) is 0. The van der Waals surface area contributed by atoms with Gasteiger partial charge in [0.05, 0.1) is 5.69 Å². The lowest BCUT2D eigenvalue weighted by atomic mass is 9.97. The molecule has 1 atom stereocenters. The van der Waals surface area contributed by atoms with Gasteiger partial charge in [-0.3, -0.25) is 14.9 Å². The Morgan fingerprint density at radius 1 is 1.09 bits per heavy atom. The summed E-state index contributed by atoms with van der Waals surface area (Å²) in [5.41, 5.74) is 3.52. The van der Waals surface area contributed by atoms with Crippen LogP contribution in [0.25, 0.3) is 0 Å². The molecule has 3 nitrogen and oxygen atoms in total. The van der Waals surface area contributed by atoms with Crippen molar-refractivity contribution < 1.29 is 0 Å². The summed E-state index contributed by atoms with van der Waals surface area (Å²) >= 11 is 0. The van der Waals surface area contributed by atoms with Gasteiger partial charge in [-0.05, 0) is 63.4 Å². The fourth-order valence-electron chi connectivity index (χ4n) is 3.35. The standard InChI is InChI=1S/C19H25N3/c1-16-7-6-9-18(21-16)15-22-14-5-3-10-19(22)12-11-17-8-2-4-13-20-17/h2,4,6-9,13,19H,3,5,10-12,14-15H2,1H3/t19-/m0/s1. The molecule has 3 heteroatoms. The average molecular weight is 295 g/mol. The molecule has 116 valence electrons. The molecule has 0 N–H and O–H groups in total. The van der Waals surface area contributed by atoms with Crippen molar-refractivity contribution in [3.05, 3.63) is 59.7 Å². The topological polar surface area (TPSA) is 29.0 Å². The fraction of sp³-hybridized carbons (Fsp3) is 0.474. The van der Waals surface area contributed by atoms with Gasteiger partial charge in [-0.15, -0.1) is 0 Å². The molecular formula is C19H25N3. The largest absolute Gasteiger partial charge is 0.295 e. The zero-order valence-electron chi connectivity index (χ0n) is 13.4. The van der Waals surface area contributed by atoms with Crippen molar-refractivity contribution in [1.82, 2.24) is 14.9 Å². The summed E-state index contributed by atoms with van der Waals surface area (Å²) < 4.78 is 0. The molecule has 0 amide bonds. The Morgan fingerprint density at radius 2 is 2.00 bits per heavy atom. The number of likely N-dealkylation sites (tertiary alicyclic amines) is 1. The van der Waals surface area contributed by atoms with Crippen LogP contribution in [0.5, 0.6) is 0 Å². The van der Waals surface area contributed by atoms with Gasteiger partial charge in [0.2, 0.25) is 0 Å². The first-order chi connectivity index (χ1) is 10.8. The highest BCUT2D eigenvalue weighted by molar-refractivity contribution is 5.10. The second-order valence-electron chi connectivity index (χ2n) is 6.25. The van der Waals surface area contributed by atoms with Crippen LogP contribution in [0.1, 0.15) is 42.8 Å². The minimum Gasteiger partial charge on any atom is -0.295 e. The van der Waals surface area contributed by atoms with E-state index in [2.05, 4.69) is 52.1 Å². The van der Waals surface area contributed by atoms with Crippen LogP contribution in [-0.4, -0.2) is 27.5 Å². The van der Waals surface area contributed by atoms with Crippen LogP contribution in [-0.2, 0) is 13.0 Å². The van der Waals surface area contributed by atoms with Gasteiger partial charge in [-0.25, -0.2) is 0 Å². The van der Waals surface area contributed by atoms with E-state index in [1.165, 1.54) is 43.6 Å². The number of nitrogens with zero attached hydrogens (tertiary/aromatic N) is 3. The van der Waals surface area contributed by atoms with Gasteiger partial charge in [0, 0.05) is 30.2 Å². The quantitative estimate of drug-likeness (QED) is 0.840. The summed E-state index contributed by atoms with van der Waals surface area (Å²) in [6, 6.07) is 13.2. The molecule has 22 heavy (non-hydrogen) atoms. The molecule has 1 aliphatic rings. The van der Waals surface area contributed by atoms with Gasteiger partial charge in [0.15, 0.2) is 0 Å². The molecule has 0 saturated carbocycles. The highest BCUT2D eigenvalue weighted by atomic mass is 15.2. The van der Waals surface area contributed by atoms with E-state index in [0.29, 0.717) is 6.04 Å². The first-order valence-electron chi connectivity index (χ1n) is 8.38. The number of hydrogen-bond acceptors (Lipinski definition) is 3. The molecule has 2 aromatic heterocycles. The van der Waals surface area contributed by atoms with Crippen molar-refractivity contribution in [2.45, 2.75) is 51.6 Å². The molecule has 3 rings (SSSR count). The van der Waals surface area contributed by atoms with Crippen LogP contribution in [0.3, 0.4) is 0 Å². The Kier molecular flexibility index (Phi) is 5.17. The number of aryl methyl sites for hydroxylation is 2. The molecule has 0 spiro atoms. The van der Waals surface area contributed by atoms with E-state index in [1.807, 2.05) is 12.3 Å². The van der Waals surface area contributed by atoms with E-state index in [9.17, 15) is 0 Å². The van der Waals surface area contributed by atoms with E-state index in [0.717, 1.165) is 18.7 Å². The molecule has 0 unspecified atom stereocenters. The summed E-state index contributed by atoms with van der Waals surface area (Å²) in [5, 5.41) is 0. The Bertz CT molecular complexity index is 582. The fourth-order valence-corrected chi connectivity index (χ4v) is 3.35. The number of aromatic nitrogens is 2. The second-order valence-corrected chi connectivity index (χ2v) is 6.25. The SMILES string of the molecule is Cc1cccc(CN2CCCC[C@H]2CCc2ccccn2)n1. The number of pyridine rings is 2. The first-order valence-corrected chi connectivity index (χ1v) is 8.38. The van der Waals surface area contributed by atoms with Crippen molar-refractivity contribution in [2.24, 2.45) is 0 Å². The van der Waals surface area contributed by atoms with Crippen LogP contribution in [0.4, 0.5) is 0 Å². The number of rotatable bonds is 5. The smallest absolute Gasteiger partial charge is 0.0547 e. The highest BCUT2D eigenvalue weighted by Crippen LogP contribution is 2.22. The molecule has 1 aliphatic heterocycles. The summed E-state index contributed by atoms with van der Waals surface area (Å²) in [6.45, 7) is 4.25. The van der Waals surface area contributed by atoms with E-state index in [1.54, 1.807) is 0 Å². The predicted octanol–water partition coefficient (Wildman–Crippen LogP) is 3.77. The molecular weight excluding hydrogens is 270 g/mol. The van der Waals surface area contributed by atoms with E-state index in [-0.39, 0.29) is 0 Å².